The summed E-state index contributed by atoms with van der Waals surface area (Å²) in [5.74, 6) is 0. The normalized spacial score (nSPS) is 4.50. The molecule has 0 aliphatic rings. The van der Waals surface area contributed by atoms with Crippen LogP contribution in [0.5, 0.6) is 0 Å². The first-order valence-electron chi connectivity index (χ1n) is 2.31. The van der Waals surface area contributed by atoms with Gasteiger partial charge in [0.1, 0.15) is 0 Å². The molecule has 0 aliphatic carbocycles. The SMILES string of the molecule is C[CH-]C.C[CH-]C.[Cu+2].[H-].[H-].[Mg+2]. The van der Waals surface area contributed by atoms with Gasteiger partial charge >= 0.3 is 40.1 Å². The van der Waals surface area contributed by atoms with E-state index in [2.05, 4.69) is 0 Å². The standard InChI is InChI=1S/2C3H7.Cu.Mg.2H/c2*1-3-2;;;;/h2*3H,1-2H3;;;;/q2*-1;2*+2;2*-1. The van der Waals surface area contributed by atoms with Crippen LogP contribution < -0.4 is 0 Å². The van der Waals surface area contributed by atoms with Crippen molar-refractivity contribution in [1.82, 2.24) is 0 Å². The maximum Gasteiger partial charge on any atom is 2.00 e. The molecule has 0 fully saturated rings. The first kappa shape index (κ1) is 22.8. The molecule has 0 spiro atoms. The molecule has 0 saturated carbocycles. The van der Waals surface area contributed by atoms with Gasteiger partial charge in [0.2, 0.25) is 0 Å². The molecule has 0 atom stereocenters. The van der Waals surface area contributed by atoms with Gasteiger partial charge in [-0.15, -0.1) is 0 Å². The molecule has 0 heterocycles. The minimum Gasteiger partial charge on any atom is -1.00 e. The summed E-state index contributed by atoms with van der Waals surface area (Å²) in [7, 11) is 0. The van der Waals surface area contributed by atoms with Crippen molar-refractivity contribution in [2.24, 2.45) is 0 Å². The summed E-state index contributed by atoms with van der Waals surface area (Å²) < 4.78 is 0. The van der Waals surface area contributed by atoms with E-state index in [1.54, 1.807) is 0 Å². The molecule has 0 aliphatic heterocycles. The molecule has 0 bridgehead atoms. The molecule has 0 aromatic heterocycles. The van der Waals surface area contributed by atoms with Crippen molar-refractivity contribution in [3.63, 3.8) is 0 Å². The van der Waals surface area contributed by atoms with Gasteiger partial charge in [0.05, 0.1) is 0 Å². The Labute approximate surface area is 83.4 Å². The minimum atomic E-state index is 0. The van der Waals surface area contributed by atoms with Gasteiger partial charge in [0.25, 0.3) is 0 Å². The largest absolute Gasteiger partial charge is 2.00 e. The van der Waals surface area contributed by atoms with E-state index in [0.717, 1.165) is 0 Å². The van der Waals surface area contributed by atoms with Crippen LogP contribution in [0.1, 0.15) is 30.5 Å². The molecule has 53 valence electrons. The van der Waals surface area contributed by atoms with Crippen LogP contribution in [0.3, 0.4) is 0 Å². The zero-order valence-electron chi connectivity index (χ0n) is 8.16. The maximum atomic E-state index is 2.00. The van der Waals surface area contributed by atoms with E-state index in [9.17, 15) is 0 Å². The Morgan fingerprint density at radius 2 is 0.875 bits per heavy atom. The minimum absolute atomic E-state index is 0. The van der Waals surface area contributed by atoms with Crippen LogP contribution in [0.2, 0.25) is 0 Å². The fraction of sp³-hybridized carbons (Fsp3) is 0.667. The number of hydrogen-bond donors (Lipinski definition) is 0. The molecule has 0 saturated heterocycles. The molecule has 0 aromatic rings. The van der Waals surface area contributed by atoms with Crippen molar-refractivity contribution in [3.8, 4) is 0 Å². The number of rotatable bonds is 0. The molecule has 0 N–H and O–H groups in total. The van der Waals surface area contributed by atoms with Gasteiger partial charge in [-0.1, -0.05) is 0 Å². The van der Waals surface area contributed by atoms with Crippen LogP contribution in [0.4, 0.5) is 0 Å². The zero-order chi connectivity index (χ0) is 5.41. The van der Waals surface area contributed by atoms with Crippen LogP contribution in [-0.2, 0) is 17.1 Å². The van der Waals surface area contributed by atoms with Crippen molar-refractivity contribution >= 4 is 23.1 Å². The van der Waals surface area contributed by atoms with Crippen LogP contribution in [0.15, 0.2) is 0 Å². The van der Waals surface area contributed by atoms with E-state index in [0.29, 0.717) is 0 Å². The van der Waals surface area contributed by atoms with Gasteiger partial charge in [-0.2, -0.15) is 27.7 Å². The predicted octanol–water partition coefficient (Wildman–Crippen LogP) is 2.30. The summed E-state index contributed by atoms with van der Waals surface area (Å²) in [6.45, 7) is 8.00. The molecular formula is C6H16CuMg. The Morgan fingerprint density at radius 3 is 0.875 bits per heavy atom. The Morgan fingerprint density at radius 1 is 0.875 bits per heavy atom. The molecule has 2 heteroatoms. The summed E-state index contributed by atoms with van der Waals surface area (Å²) in [6, 6.07) is 0. The third-order valence-electron chi connectivity index (χ3n) is 0. The van der Waals surface area contributed by atoms with Crippen molar-refractivity contribution in [3.05, 3.63) is 12.8 Å². The monoisotopic (exact) mass is 175 g/mol. The molecule has 0 nitrogen and oxygen atoms in total. The van der Waals surface area contributed by atoms with E-state index in [1.807, 2.05) is 40.5 Å². The van der Waals surface area contributed by atoms with Gasteiger partial charge in [-0.3, -0.25) is 0 Å². The predicted molar refractivity (Wildman–Crippen MR) is 39.3 cm³/mol. The zero-order valence-corrected chi connectivity index (χ0v) is 8.52. The second-order valence-electron chi connectivity index (χ2n) is 1.15. The quantitative estimate of drug-likeness (QED) is 0.392. The van der Waals surface area contributed by atoms with Gasteiger partial charge in [0, 0.05) is 0 Å². The van der Waals surface area contributed by atoms with Crippen LogP contribution in [0, 0.1) is 12.8 Å². The summed E-state index contributed by atoms with van der Waals surface area (Å²) in [4.78, 5) is 0. The summed E-state index contributed by atoms with van der Waals surface area (Å²) >= 11 is 0. The third-order valence-corrected chi connectivity index (χ3v) is 0. The Kier molecular flexibility index (Phi) is 116. The van der Waals surface area contributed by atoms with Crippen molar-refractivity contribution < 1.29 is 19.9 Å². The smallest absolute Gasteiger partial charge is 1.00 e. The fourth-order valence-electron chi connectivity index (χ4n) is 0. The summed E-state index contributed by atoms with van der Waals surface area (Å²) in [5, 5.41) is 0. The van der Waals surface area contributed by atoms with E-state index in [1.165, 1.54) is 0 Å². The van der Waals surface area contributed by atoms with Crippen LogP contribution >= 0.6 is 0 Å². The first-order chi connectivity index (χ1) is 2.83. The van der Waals surface area contributed by atoms with Crippen LogP contribution in [0.25, 0.3) is 0 Å². The molecule has 8 heavy (non-hydrogen) atoms. The second-order valence-corrected chi connectivity index (χ2v) is 1.15. The van der Waals surface area contributed by atoms with E-state index in [4.69, 9.17) is 0 Å². The average molecular weight is 176 g/mol. The molecule has 1 radical (unpaired) electrons. The molecule has 0 aromatic carbocycles. The van der Waals surface area contributed by atoms with Gasteiger partial charge in [-0.05, 0) is 0 Å². The average Bonchev–Trinajstić information content (AvgIpc) is 1.39. The molecule has 0 amide bonds. The van der Waals surface area contributed by atoms with E-state index < -0.39 is 0 Å². The van der Waals surface area contributed by atoms with Crippen molar-refractivity contribution in [1.29, 1.82) is 0 Å². The van der Waals surface area contributed by atoms with E-state index in [-0.39, 0.29) is 43.0 Å². The van der Waals surface area contributed by atoms with Crippen LogP contribution in [-0.4, -0.2) is 23.1 Å². The number of hydrogen-bond acceptors (Lipinski definition) is 0. The van der Waals surface area contributed by atoms with Crippen molar-refractivity contribution in [2.45, 2.75) is 27.7 Å². The summed E-state index contributed by atoms with van der Waals surface area (Å²) in [5.41, 5.74) is 0. The van der Waals surface area contributed by atoms with Gasteiger partial charge in [-0.25, -0.2) is 0 Å². The molecule has 0 unspecified atom stereocenters. The summed E-state index contributed by atoms with van der Waals surface area (Å²) in [6.07, 6.45) is 4.00. The second kappa shape index (κ2) is 40.7. The fourth-order valence-corrected chi connectivity index (χ4v) is 0. The van der Waals surface area contributed by atoms with Gasteiger partial charge in [0.15, 0.2) is 0 Å². The first-order valence-corrected chi connectivity index (χ1v) is 2.31. The topological polar surface area (TPSA) is 0 Å². The third kappa shape index (κ3) is 174. The molecule has 0 rings (SSSR count). The maximum absolute atomic E-state index is 2.00. The van der Waals surface area contributed by atoms with E-state index >= 15 is 0 Å². The van der Waals surface area contributed by atoms with Gasteiger partial charge < -0.3 is 15.7 Å². The Hall–Kier alpha value is 1.29. The molecular weight excluding hydrogens is 160 g/mol. The Balaban J connectivity index is -0.00000000571. The Bertz CT molecular complexity index is 17.7. The van der Waals surface area contributed by atoms with Crippen molar-refractivity contribution in [2.75, 3.05) is 0 Å².